The highest BCUT2D eigenvalue weighted by Gasteiger charge is 2.32. The molecule has 2 aromatic carbocycles. The van der Waals surface area contributed by atoms with Gasteiger partial charge >= 0.3 is 6.09 Å². The van der Waals surface area contributed by atoms with Crippen molar-refractivity contribution in [2.75, 3.05) is 18.4 Å². The lowest BCUT2D eigenvalue weighted by Crippen LogP contribution is -2.41. The van der Waals surface area contributed by atoms with Crippen LogP contribution in [0.4, 0.5) is 10.5 Å². The van der Waals surface area contributed by atoms with Crippen molar-refractivity contribution in [3.8, 4) is 5.69 Å². The van der Waals surface area contributed by atoms with Crippen LogP contribution in [0, 0.1) is 13.8 Å². The maximum absolute atomic E-state index is 13.5. The summed E-state index contributed by atoms with van der Waals surface area (Å²) in [5.74, 6) is -0.274. The van der Waals surface area contributed by atoms with Crippen molar-refractivity contribution in [3.05, 3.63) is 75.0 Å². The van der Waals surface area contributed by atoms with Crippen molar-refractivity contribution < 1.29 is 14.3 Å². The third-order valence-corrected chi connectivity index (χ3v) is 6.88. The monoisotopic (exact) mass is 542 g/mol. The lowest BCUT2D eigenvalue weighted by molar-refractivity contribution is 0.0203. The summed E-state index contributed by atoms with van der Waals surface area (Å²) >= 11 is 12.3. The minimum Gasteiger partial charge on any atom is -0.444 e. The summed E-state index contributed by atoms with van der Waals surface area (Å²) in [5, 5.41) is 8.41. The molecule has 1 saturated heterocycles. The Labute approximate surface area is 227 Å². The van der Waals surface area contributed by atoms with E-state index >= 15 is 0 Å². The van der Waals surface area contributed by atoms with Crippen LogP contribution in [0.15, 0.2) is 42.6 Å². The van der Waals surface area contributed by atoms with E-state index in [1.54, 1.807) is 29.3 Å². The molecule has 0 saturated carbocycles. The highest BCUT2D eigenvalue weighted by atomic mass is 35.5. The van der Waals surface area contributed by atoms with Gasteiger partial charge in [0, 0.05) is 34.7 Å². The van der Waals surface area contributed by atoms with Gasteiger partial charge in [-0.1, -0.05) is 29.3 Å². The number of aryl methyl sites for hydroxylation is 2. The van der Waals surface area contributed by atoms with E-state index in [9.17, 15) is 9.59 Å². The predicted molar refractivity (Wildman–Crippen MR) is 147 cm³/mol. The number of benzene rings is 2. The van der Waals surface area contributed by atoms with Crippen molar-refractivity contribution in [3.63, 3.8) is 0 Å². The molecule has 0 bridgehead atoms. The molecule has 1 N–H and O–H groups in total. The van der Waals surface area contributed by atoms with Crippen molar-refractivity contribution >= 4 is 40.9 Å². The molecule has 0 atom stereocenters. The van der Waals surface area contributed by atoms with Crippen LogP contribution in [0.2, 0.25) is 10.0 Å². The number of hydrogen-bond donors (Lipinski definition) is 1. The standard InChI is InChI=1S/C28H32Cl2N4O3/c1-17-6-7-23(12-18(17)2)34-25(19-8-10-33(11-9-19)27(36)37-28(3,4)5)24(16-31-34)26(35)32-22-14-20(29)13-21(30)15-22/h6-7,12-16,19H,8-11H2,1-5H3,(H,32,35). The van der Waals surface area contributed by atoms with Crippen molar-refractivity contribution in [1.82, 2.24) is 14.7 Å². The van der Waals surface area contributed by atoms with E-state index in [-0.39, 0.29) is 17.9 Å². The number of anilines is 1. The Balaban J connectivity index is 1.65. The highest BCUT2D eigenvalue weighted by Crippen LogP contribution is 2.34. The second-order valence-corrected chi connectivity index (χ2v) is 11.4. The first-order valence-corrected chi connectivity index (χ1v) is 13.1. The van der Waals surface area contributed by atoms with Gasteiger partial charge in [-0.2, -0.15) is 5.10 Å². The van der Waals surface area contributed by atoms with Crippen LogP contribution in [0.25, 0.3) is 5.69 Å². The number of halogens is 2. The number of nitrogens with zero attached hydrogens (tertiary/aromatic N) is 3. The van der Waals surface area contributed by atoms with Gasteiger partial charge in [0.2, 0.25) is 0 Å². The fraction of sp³-hybridized carbons (Fsp3) is 0.393. The summed E-state index contributed by atoms with van der Waals surface area (Å²) in [6.07, 6.45) is 2.65. The Morgan fingerprint density at radius 1 is 1.00 bits per heavy atom. The van der Waals surface area contributed by atoms with Crippen LogP contribution in [0.5, 0.6) is 0 Å². The normalized spacial score (nSPS) is 14.5. The average molecular weight is 543 g/mol. The number of rotatable bonds is 4. The number of amides is 2. The molecule has 4 rings (SSSR count). The summed E-state index contributed by atoms with van der Waals surface area (Å²) < 4.78 is 7.40. The molecule has 9 heteroatoms. The zero-order valence-corrected chi connectivity index (χ0v) is 23.3. The van der Waals surface area contributed by atoms with E-state index in [1.807, 2.05) is 31.5 Å². The van der Waals surface area contributed by atoms with Gasteiger partial charge in [0.15, 0.2) is 0 Å². The molecule has 2 amide bonds. The van der Waals surface area contributed by atoms with E-state index in [0.29, 0.717) is 47.2 Å². The third-order valence-electron chi connectivity index (χ3n) is 6.44. The Kier molecular flexibility index (Phi) is 7.85. The molecule has 196 valence electrons. The van der Waals surface area contributed by atoms with E-state index in [1.165, 1.54) is 5.56 Å². The third kappa shape index (κ3) is 6.46. The molecule has 0 radical (unpaired) electrons. The van der Waals surface area contributed by atoms with Crippen molar-refractivity contribution in [1.29, 1.82) is 0 Å². The first kappa shape index (κ1) is 27.0. The van der Waals surface area contributed by atoms with Gasteiger partial charge in [-0.25, -0.2) is 9.48 Å². The van der Waals surface area contributed by atoms with E-state index in [4.69, 9.17) is 27.9 Å². The molecule has 0 unspecified atom stereocenters. The van der Waals surface area contributed by atoms with Crippen LogP contribution in [-0.4, -0.2) is 45.4 Å². The number of likely N-dealkylation sites (tertiary alicyclic amines) is 1. The largest absolute Gasteiger partial charge is 0.444 e. The molecule has 1 aliphatic heterocycles. The predicted octanol–water partition coefficient (Wildman–Crippen LogP) is 7.16. The van der Waals surface area contributed by atoms with Gasteiger partial charge < -0.3 is 15.0 Å². The summed E-state index contributed by atoms with van der Waals surface area (Å²) in [6, 6.07) is 11.0. The van der Waals surface area contributed by atoms with E-state index in [2.05, 4.69) is 36.4 Å². The van der Waals surface area contributed by atoms with Crippen molar-refractivity contribution in [2.45, 2.75) is 59.0 Å². The molecule has 1 fully saturated rings. The van der Waals surface area contributed by atoms with Crippen LogP contribution >= 0.6 is 23.2 Å². The number of piperidine rings is 1. The molecule has 37 heavy (non-hydrogen) atoms. The Morgan fingerprint density at radius 3 is 2.24 bits per heavy atom. The van der Waals surface area contributed by atoms with Gasteiger partial charge in [0.05, 0.1) is 23.1 Å². The van der Waals surface area contributed by atoms with Crippen LogP contribution < -0.4 is 5.32 Å². The molecule has 1 aromatic heterocycles. The molecule has 0 spiro atoms. The second kappa shape index (κ2) is 10.8. The maximum atomic E-state index is 13.5. The number of carbonyl (C=O) groups excluding carboxylic acids is 2. The van der Waals surface area contributed by atoms with Gasteiger partial charge in [-0.3, -0.25) is 4.79 Å². The van der Waals surface area contributed by atoms with Gasteiger partial charge in [-0.05, 0) is 88.9 Å². The molecular weight excluding hydrogens is 511 g/mol. The molecular formula is C28H32Cl2N4O3. The van der Waals surface area contributed by atoms with Crippen molar-refractivity contribution in [2.24, 2.45) is 0 Å². The molecule has 2 heterocycles. The lowest BCUT2D eigenvalue weighted by Gasteiger charge is -2.34. The lowest BCUT2D eigenvalue weighted by atomic mass is 9.90. The topological polar surface area (TPSA) is 76.5 Å². The molecule has 0 aliphatic carbocycles. The maximum Gasteiger partial charge on any atom is 0.410 e. The van der Waals surface area contributed by atoms with Crippen LogP contribution in [-0.2, 0) is 4.74 Å². The first-order chi connectivity index (χ1) is 17.4. The minimum atomic E-state index is -0.551. The Morgan fingerprint density at radius 2 is 1.65 bits per heavy atom. The fourth-order valence-corrected chi connectivity index (χ4v) is 5.00. The highest BCUT2D eigenvalue weighted by molar-refractivity contribution is 6.35. The van der Waals surface area contributed by atoms with Gasteiger partial charge in [-0.15, -0.1) is 0 Å². The molecule has 1 aliphatic rings. The average Bonchev–Trinajstić information content (AvgIpc) is 3.24. The zero-order chi connectivity index (χ0) is 26.9. The Hall–Kier alpha value is -3.03. The number of hydrogen-bond acceptors (Lipinski definition) is 4. The zero-order valence-electron chi connectivity index (χ0n) is 21.8. The summed E-state index contributed by atoms with van der Waals surface area (Å²) in [6.45, 7) is 10.8. The van der Waals surface area contributed by atoms with E-state index in [0.717, 1.165) is 16.9 Å². The van der Waals surface area contributed by atoms with Gasteiger partial charge in [0.25, 0.3) is 5.91 Å². The summed E-state index contributed by atoms with van der Waals surface area (Å²) in [4.78, 5) is 27.8. The number of nitrogens with one attached hydrogen (secondary N) is 1. The smallest absolute Gasteiger partial charge is 0.410 e. The molecule has 7 nitrogen and oxygen atoms in total. The summed E-state index contributed by atoms with van der Waals surface area (Å²) in [5.41, 5.74) is 4.45. The minimum absolute atomic E-state index is 0.0199. The number of carbonyl (C=O) groups is 2. The van der Waals surface area contributed by atoms with E-state index < -0.39 is 5.60 Å². The molecule has 3 aromatic rings. The van der Waals surface area contributed by atoms with Crippen LogP contribution in [0.1, 0.15) is 66.7 Å². The number of ether oxygens (including phenoxy) is 1. The quantitative estimate of drug-likeness (QED) is 0.379. The fourth-order valence-electron chi connectivity index (χ4n) is 4.48. The first-order valence-electron chi connectivity index (χ1n) is 12.3. The van der Waals surface area contributed by atoms with Gasteiger partial charge in [0.1, 0.15) is 5.60 Å². The van der Waals surface area contributed by atoms with Crippen LogP contribution in [0.3, 0.4) is 0 Å². The number of aromatic nitrogens is 2. The SMILES string of the molecule is Cc1ccc(-n2ncc(C(=O)Nc3cc(Cl)cc(Cl)c3)c2C2CCN(C(=O)OC(C)(C)C)CC2)cc1C. The summed E-state index contributed by atoms with van der Waals surface area (Å²) in [7, 11) is 0. The Bertz CT molecular complexity index is 1300. The second-order valence-electron chi connectivity index (χ2n) is 10.5.